The zero-order valence-electron chi connectivity index (χ0n) is 36.2. The lowest BCUT2D eigenvalue weighted by atomic mass is 9.78. The number of hydrogen-bond acceptors (Lipinski definition) is 8. The van der Waals surface area contributed by atoms with Crippen LogP contribution in [-0.2, 0) is 17.3 Å². The number of rotatable bonds is 21. The number of halogens is 6. The van der Waals surface area contributed by atoms with Crippen LogP contribution in [0.25, 0.3) is 0 Å². The van der Waals surface area contributed by atoms with Gasteiger partial charge in [-0.25, -0.2) is 0 Å². The Bertz CT molecular complexity index is 2430. The van der Waals surface area contributed by atoms with E-state index in [4.69, 9.17) is 23.7 Å². The minimum absolute atomic E-state index is 0.0717. The van der Waals surface area contributed by atoms with E-state index in [1.54, 1.807) is 0 Å². The fraction of sp³-hybridized carbons (Fsp3) is 0.294. The van der Waals surface area contributed by atoms with Crippen molar-refractivity contribution < 1.29 is 39.0 Å². The Morgan fingerprint density at radius 1 is 0.385 bits per heavy atom. The summed E-state index contributed by atoms with van der Waals surface area (Å²) in [5.41, 5.74) is 4.89. The van der Waals surface area contributed by atoms with Crippen LogP contribution >= 0.6 is 95.6 Å². The highest BCUT2D eigenvalue weighted by Gasteiger charge is 2.25. The molecule has 0 aliphatic heterocycles. The number of aliphatic hydroxyl groups is 3. The van der Waals surface area contributed by atoms with Gasteiger partial charge in [0.15, 0.2) is 0 Å². The molecule has 3 N–H and O–H groups in total. The summed E-state index contributed by atoms with van der Waals surface area (Å²) in [6, 6.07) is 39.6. The molecule has 0 aliphatic carbocycles. The largest absolute Gasteiger partial charge is 0.491 e. The molecule has 14 heteroatoms. The van der Waals surface area contributed by atoms with Crippen molar-refractivity contribution >= 4 is 95.6 Å². The van der Waals surface area contributed by atoms with Gasteiger partial charge in [0.1, 0.15) is 74.0 Å². The fourth-order valence-corrected chi connectivity index (χ4v) is 12.0. The molecule has 0 radical (unpaired) electrons. The van der Waals surface area contributed by atoms with Crippen LogP contribution in [0.3, 0.4) is 0 Å². The predicted octanol–water partition coefficient (Wildman–Crippen LogP) is 13.5. The molecule has 0 heterocycles. The maximum atomic E-state index is 10.7. The molecule has 0 aliphatic rings. The number of ether oxygens (including phenoxy) is 5. The molecular weight excluding hydrogens is 1220 g/mol. The van der Waals surface area contributed by atoms with E-state index in [0.29, 0.717) is 35.2 Å². The van der Waals surface area contributed by atoms with Crippen LogP contribution in [0, 0.1) is 0 Å². The second kappa shape index (κ2) is 23.4. The van der Waals surface area contributed by atoms with E-state index >= 15 is 0 Å². The Hall–Kier alpha value is -2.92. The summed E-state index contributed by atoms with van der Waals surface area (Å²) in [7, 11) is 0. The van der Waals surface area contributed by atoms with Gasteiger partial charge in [0.2, 0.25) is 0 Å². The lowest BCUT2D eigenvalue weighted by Gasteiger charge is -2.27. The van der Waals surface area contributed by atoms with Gasteiger partial charge in [-0.3, -0.25) is 0 Å². The minimum Gasteiger partial charge on any atom is -0.491 e. The first-order valence-electron chi connectivity index (χ1n) is 20.8. The highest BCUT2D eigenvalue weighted by molar-refractivity contribution is 9.12. The average molecular weight is 1270 g/mol. The Balaban J connectivity index is 0.915. The molecule has 6 aromatic rings. The third-order valence-electron chi connectivity index (χ3n) is 11.0. The van der Waals surface area contributed by atoms with Gasteiger partial charge in [-0.2, -0.15) is 0 Å². The van der Waals surface area contributed by atoms with Crippen molar-refractivity contribution in [3.63, 3.8) is 0 Å². The van der Waals surface area contributed by atoms with E-state index in [1.165, 1.54) is 0 Å². The van der Waals surface area contributed by atoms with E-state index in [0.717, 1.165) is 54.7 Å². The molecule has 65 heavy (non-hydrogen) atoms. The fourth-order valence-electron chi connectivity index (χ4n) is 6.99. The summed E-state index contributed by atoms with van der Waals surface area (Å²) in [5.74, 6) is 3.22. The van der Waals surface area contributed by atoms with Gasteiger partial charge in [-0.05, 0) is 152 Å². The van der Waals surface area contributed by atoms with E-state index in [9.17, 15) is 15.3 Å². The first kappa shape index (κ1) is 51.5. The van der Waals surface area contributed by atoms with Crippen molar-refractivity contribution in [3.05, 3.63) is 176 Å². The normalized spacial score (nSPS) is 13.2. The molecule has 3 unspecified atom stereocenters. The lowest BCUT2D eigenvalue weighted by Crippen LogP contribution is -2.25. The van der Waals surface area contributed by atoms with Crippen LogP contribution in [0.4, 0.5) is 0 Å². The van der Waals surface area contributed by atoms with Gasteiger partial charge in [-0.15, -0.1) is 0 Å². The van der Waals surface area contributed by atoms with Crippen molar-refractivity contribution in [2.45, 2.75) is 63.3 Å². The van der Waals surface area contributed by atoms with Gasteiger partial charge in [0.05, 0.1) is 24.0 Å². The summed E-state index contributed by atoms with van der Waals surface area (Å²) >= 11 is 20.9. The minimum atomic E-state index is -0.833. The maximum absolute atomic E-state index is 10.7. The van der Waals surface area contributed by atoms with Crippen LogP contribution in [0.15, 0.2) is 148 Å². The average Bonchev–Trinajstić information content (AvgIpc) is 3.26. The molecule has 6 aromatic carbocycles. The smallest absolute Gasteiger partial charge is 0.147 e. The highest BCUT2D eigenvalue weighted by Crippen LogP contribution is 2.39. The molecule has 6 rings (SSSR count). The quantitative estimate of drug-likeness (QED) is 0.0654. The summed E-state index contributed by atoms with van der Waals surface area (Å²) in [5, 5.41) is 31.9. The molecule has 0 spiro atoms. The number of hydrogen-bond donors (Lipinski definition) is 3. The van der Waals surface area contributed by atoms with Crippen LogP contribution in [0.5, 0.6) is 28.7 Å². The summed E-state index contributed by atoms with van der Waals surface area (Å²) in [4.78, 5) is 0. The first-order valence-corrected chi connectivity index (χ1v) is 25.5. The van der Waals surface area contributed by atoms with E-state index < -0.39 is 18.3 Å². The topological polar surface area (TPSA) is 107 Å². The SMILES string of the molecule is CC(C)(c1ccc(CC(O)COc2c(Br)cc(Br)cc2Br)cc1)c1ccc(OCC(O)COc2ccc(C(C)(C)c3ccc(OCC(O)COc4c(Br)cc(Br)cc4Br)cc3)cc2)cc1. The van der Waals surface area contributed by atoms with Crippen molar-refractivity contribution in [1.82, 2.24) is 0 Å². The van der Waals surface area contributed by atoms with Gasteiger partial charge >= 0.3 is 0 Å². The van der Waals surface area contributed by atoms with Crippen molar-refractivity contribution in [1.29, 1.82) is 0 Å². The van der Waals surface area contributed by atoms with E-state index in [1.807, 2.05) is 97.1 Å². The van der Waals surface area contributed by atoms with Gasteiger partial charge < -0.3 is 39.0 Å². The number of benzene rings is 6. The van der Waals surface area contributed by atoms with Gasteiger partial charge in [0.25, 0.3) is 0 Å². The molecule has 8 nitrogen and oxygen atoms in total. The first-order chi connectivity index (χ1) is 30.9. The predicted molar refractivity (Wildman–Crippen MR) is 278 cm³/mol. The Labute approximate surface area is 431 Å². The third kappa shape index (κ3) is 14.3. The van der Waals surface area contributed by atoms with E-state index in [-0.39, 0.29) is 43.9 Å². The second-order valence-corrected chi connectivity index (χ2v) is 21.9. The van der Waals surface area contributed by atoms with Crippen LogP contribution in [0.2, 0.25) is 0 Å². The lowest BCUT2D eigenvalue weighted by molar-refractivity contribution is 0.0621. The molecule has 344 valence electrons. The Morgan fingerprint density at radius 2 is 0.646 bits per heavy atom. The standard InChI is InChI=1S/C51H50Br6O8/c1-50(2,32-7-5-31(6-8-32)21-38(58)26-64-48-44(54)22-36(52)23-45(48)55)33-9-15-41(16-10-33)61-27-39(59)28-62-42-17-11-34(12-18-42)51(3,4)35-13-19-43(20-14-35)63-29-40(60)30-65-49-46(56)24-37(53)25-47(49)57/h5-20,22-25,38-40,58-60H,21,26-30H2,1-4H3. The second-order valence-electron chi connectivity index (χ2n) is 16.6. The highest BCUT2D eigenvalue weighted by atomic mass is 79.9. The van der Waals surface area contributed by atoms with Crippen LogP contribution in [0.1, 0.15) is 55.5 Å². The summed E-state index contributed by atoms with van der Waals surface area (Å²) in [6.45, 7) is 9.13. The van der Waals surface area contributed by atoms with Crippen molar-refractivity contribution in [2.75, 3.05) is 33.0 Å². The Morgan fingerprint density at radius 3 is 0.954 bits per heavy atom. The molecule has 0 amide bonds. The maximum Gasteiger partial charge on any atom is 0.147 e. The summed E-state index contributed by atoms with van der Waals surface area (Å²) in [6.07, 6.45) is -1.86. The van der Waals surface area contributed by atoms with Gasteiger partial charge in [0, 0.05) is 26.2 Å². The molecule has 0 bridgehead atoms. The zero-order chi connectivity index (χ0) is 46.9. The summed E-state index contributed by atoms with van der Waals surface area (Å²) < 4.78 is 34.4. The van der Waals surface area contributed by atoms with Crippen molar-refractivity contribution in [3.8, 4) is 28.7 Å². The van der Waals surface area contributed by atoms with Crippen molar-refractivity contribution in [2.24, 2.45) is 0 Å². The molecule has 3 atom stereocenters. The zero-order valence-corrected chi connectivity index (χ0v) is 45.7. The molecule has 0 aromatic heterocycles. The Kier molecular flexibility index (Phi) is 18.5. The van der Waals surface area contributed by atoms with Gasteiger partial charge in [-0.1, -0.05) is 120 Å². The number of aliphatic hydroxyl groups excluding tert-OH is 3. The molecule has 0 fully saturated rings. The molecule has 0 saturated heterocycles. The van der Waals surface area contributed by atoms with Crippen LogP contribution in [-0.4, -0.2) is 66.7 Å². The third-order valence-corrected chi connectivity index (χ3v) is 14.2. The van der Waals surface area contributed by atoms with Crippen LogP contribution < -0.4 is 23.7 Å². The molecule has 0 saturated carbocycles. The van der Waals surface area contributed by atoms with E-state index in [2.05, 4.69) is 148 Å². The monoisotopic (exact) mass is 1260 g/mol. The molecular formula is C51H50Br6O8.